The molecule has 1 fully saturated rings. The number of pyridine rings is 2. The highest BCUT2D eigenvalue weighted by Gasteiger charge is 2.23. The van der Waals surface area contributed by atoms with Gasteiger partial charge in [-0.25, -0.2) is 9.53 Å². The molecule has 0 aromatic carbocycles. The van der Waals surface area contributed by atoms with Gasteiger partial charge in [0.2, 0.25) is 5.69 Å². The molecule has 1 aliphatic heterocycles. The number of amides is 1. The molecule has 3 aromatic rings. The Labute approximate surface area is 157 Å². The Morgan fingerprint density at radius 2 is 1.96 bits per heavy atom. The van der Waals surface area contributed by atoms with Gasteiger partial charge in [-0.1, -0.05) is 6.07 Å². The highest BCUT2D eigenvalue weighted by atomic mass is 16.2. The van der Waals surface area contributed by atoms with Crippen LogP contribution in [0.1, 0.15) is 29.8 Å². The fourth-order valence-electron chi connectivity index (χ4n) is 3.21. The van der Waals surface area contributed by atoms with Crippen LogP contribution in [-0.4, -0.2) is 43.6 Å². The van der Waals surface area contributed by atoms with E-state index in [4.69, 9.17) is 6.57 Å². The minimum atomic E-state index is -0.0589. The minimum Gasteiger partial charge on any atom is -0.337 e. The monoisotopic (exact) mass is 358 g/mol. The summed E-state index contributed by atoms with van der Waals surface area (Å²) >= 11 is 0. The van der Waals surface area contributed by atoms with Crippen molar-refractivity contribution in [3.05, 3.63) is 66.0 Å². The van der Waals surface area contributed by atoms with Gasteiger partial charge in [0.25, 0.3) is 5.91 Å². The molecule has 1 aliphatic rings. The van der Waals surface area contributed by atoms with Gasteiger partial charge in [0, 0.05) is 25.5 Å². The van der Waals surface area contributed by atoms with Crippen LogP contribution in [0.4, 0.5) is 5.69 Å². The van der Waals surface area contributed by atoms with Crippen molar-refractivity contribution in [1.82, 2.24) is 24.6 Å². The molecule has 0 N–H and O–H groups in total. The van der Waals surface area contributed by atoms with Crippen LogP contribution in [0.5, 0.6) is 0 Å². The van der Waals surface area contributed by atoms with Crippen molar-refractivity contribution in [2.75, 3.05) is 13.1 Å². The summed E-state index contributed by atoms with van der Waals surface area (Å²) in [5, 5.41) is 4.56. The molecule has 0 saturated carbocycles. The first-order valence-electron chi connectivity index (χ1n) is 8.90. The predicted molar refractivity (Wildman–Crippen MR) is 101 cm³/mol. The molecule has 0 radical (unpaired) electrons. The van der Waals surface area contributed by atoms with Crippen LogP contribution in [0.15, 0.2) is 48.9 Å². The van der Waals surface area contributed by atoms with Crippen LogP contribution >= 0.6 is 0 Å². The van der Waals surface area contributed by atoms with Gasteiger partial charge < -0.3 is 4.90 Å². The molecular formula is C20H18N6O. The molecule has 4 heterocycles. The Kier molecular flexibility index (Phi) is 4.62. The van der Waals surface area contributed by atoms with Crippen molar-refractivity contribution in [1.29, 1.82) is 0 Å². The first-order valence-corrected chi connectivity index (χ1v) is 8.90. The summed E-state index contributed by atoms with van der Waals surface area (Å²) in [5.74, 6) is -0.0589. The quantitative estimate of drug-likeness (QED) is 0.672. The number of hydrogen-bond donors (Lipinski definition) is 0. The zero-order valence-electron chi connectivity index (χ0n) is 14.7. The molecule has 0 atom stereocenters. The molecule has 0 spiro atoms. The molecular weight excluding hydrogens is 340 g/mol. The number of likely N-dealkylation sites (tertiary alicyclic amines) is 1. The molecule has 27 heavy (non-hydrogen) atoms. The number of carbonyl (C=O) groups excluding carboxylic acids is 1. The van der Waals surface area contributed by atoms with E-state index in [0.717, 1.165) is 38.0 Å². The van der Waals surface area contributed by atoms with E-state index in [1.165, 1.54) is 6.20 Å². The van der Waals surface area contributed by atoms with Crippen LogP contribution < -0.4 is 0 Å². The van der Waals surface area contributed by atoms with E-state index in [-0.39, 0.29) is 5.91 Å². The lowest BCUT2D eigenvalue weighted by molar-refractivity contribution is 0.0718. The summed E-state index contributed by atoms with van der Waals surface area (Å²) in [5.41, 5.74) is 2.96. The van der Waals surface area contributed by atoms with Crippen molar-refractivity contribution in [3.63, 3.8) is 0 Å². The summed E-state index contributed by atoms with van der Waals surface area (Å²) < 4.78 is 1.68. The van der Waals surface area contributed by atoms with E-state index in [1.54, 1.807) is 35.3 Å². The summed E-state index contributed by atoms with van der Waals surface area (Å²) in [6, 6.07) is 8.95. The lowest BCUT2D eigenvalue weighted by Gasteiger charge is -2.25. The molecule has 1 saturated heterocycles. The Hall–Kier alpha value is -3.53. The molecule has 0 aliphatic carbocycles. The van der Waals surface area contributed by atoms with Crippen molar-refractivity contribution in [2.24, 2.45) is 0 Å². The fourth-order valence-corrected chi connectivity index (χ4v) is 3.21. The van der Waals surface area contributed by atoms with E-state index in [1.807, 2.05) is 17.0 Å². The van der Waals surface area contributed by atoms with E-state index < -0.39 is 0 Å². The minimum absolute atomic E-state index is 0.0589. The number of aromatic nitrogens is 4. The predicted octanol–water partition coefficient (Wildman–Crippen LogP) is 3.51. The van der Waals surface area contributed by atoms with Gasteiger partial charge >= 0.3 is 0 Å². The van der Waals surface area contributed by atoms with Gasteiger partial charge in [-0.2, -0.15) is 5.10 Å². The summed E-state index contributed by atoms with van der Waals surface area (Å²) in [4.78, 5) is 26.7. The van der Waals surface area contributed by atoms with Crippen molar-refractivity contribution < 1.29 is 4.79 Å². The molecule has 3 aromatic heterocycles. The van der Waals surface area contributed by atoms with Crippen LogP contribution in [-0.2, 0) is 0 Å². The van der Waals surface area contributed by atoms with Gasteiger partial charge in [0.1, 0.15) is 0 Å². The van der Waals surface area contributed by atoms with Crippen LogP contribution in [0.25, 0.3) is 21.9 Å². The van der Waals surface area contributed by atoms with E-state index in [0.29, 0.717) is 22.8 Å². The number of piperidine rings is 1. The van der Waals surface area contributed by atoms with Gasteiger partial charge in [0.05, 0.1) is 29.8 Å². The van der Waals surface area contributed by atoms with E-state index >= 15 is 0 Å². The Balaban J connectivity index is 1.77. The average Bonchev–Trinajstić information content (AvgIpc) is 3.20. The maximum atomic E-state index is 12.9. The third kappa shape index (κ3) is 3.42. The zero-order valence-corrected chi connectivity index (χ0v) is 14.7. The van der Waals surface area contributed by atoms with Crippen LogP contribution in [0.3, 0.4) is 0 Å². The van der Waals surface area contributed by atoms with E-state index in [2.05, 4.69) is 19.9 Å². The van der Waals surface area contributed by atoms with Gasteiger partial charge in [-0.15, -0.1) is 0 Å². The summed E-state index contributed by atoms with van der Waals surface area (Å²) in [6.07, 6.45) is 8.13. The molecule has 134 valence electrons. The van der Waals surface area contributed by atoms with Crippen LogP contribution in [0.2, 0.25) is 0 Å². The second-order valence-electron chi connectivity index (χ2n) is 6.40. The second kappa shape index (κ2) is 7.38. The Bertz CT molecular complexity index is 982. The van der Waals surface area contributed by atoms with Crippen LogP contribution in [0, 0.1) is 6.57 Å². The Morgan fingerprint density at radius 3 is 2.63 bits per heavy atom. The first-order chi connectivity index (χ1) is 13.3. The Morgan fingerprint density at radius 1 is 1.11 bits per heavy atom. The highest BCUT2D eigenvalue weighted by Crippen LogP contribution is 2.25. The second-order valence-corrected chi connectivity index (χ2v) is 6.40. The largest absolute Gasteiger partial charge is 0.337 e. The smallest absolute Gasteiger partial charge is 0.274 e. The SMILES string of the molecule is [C-]#[N+]c1ccc(-c2cc(C(=O)N3CCCCC3)nn2-c2cccnc2)nc1. The highest BCUT2D eigenvalue weighted by molar-refractivity contribution is 5.93. The van der Waals surface area contributed by atoms with Gasteiger partial charge in [-0.3, -0.25) is 14.8 Å². The molecule has 1 amide bonds. The molecule has 0 unspecified atom stereocenters. The molecule has 7 nitrogen and oxygen atoms in total. The summed E-state index contributed by atoms with van der Waals surface area (Å²) in [6.45, 7) is 8.62. The normalized spacial score (nSPS) is 14.0. The zero-order chi connectivity index (χ0) is 18.6. The number of nitrogens with zero attached hydrogens (tertiary/aromatic N) is 6. The first kappa shape index (κ1) is 16.9. The topological polar surface area (TPSA) is 68.3 Å². The third-order valence-corrected chi connectivity index (χ3v) is 4.60. The molecule has 7 heteroatoms. The van der Waals surface area contributed by atoms with Crippen molar-refractivity contribution in [2.45, 2.75) is 19.3 Å². The maximum Gasteiger partial charge on any atom is 0.274 e. The molecule has 4 rings (SSSR count). The van der Waals surface area contributed by atoms with E-state index in [9.17, 15) is 4.79 Å². The standard InChI is InChI=1S/C20H18N6O/c1-21-15-7-8-17(23-13-15)19-12-18(20(27)25-10-3-2-4-11-25)24-26(19)16-6-5-9-22-14-16/h5-9,12-14H,2-4,10-11H2. The number of carbonyl (C=O) groups is 1. The van der Waals surface area contributed by atoms with Crippen molar-refractivity contribution in [3.8, 4) is 17.1 Å². The average molecular weight is 358 g/mol. The van der Waals surface area contributed by atoms with Gasteiger partial charge in [0.15, 0.2) is 5.69 Å². The van der Waals surface area contributed by atoms with Gasteiger partial charge in [-0.05, 0) is 43.5 Å². The lowest BCUT2D eigenvalue weighted by atomic mass is 10.1. The third-order valence-electron chi connectivity index (χ3n) is 4.60. The number of hydrogen-bond acceptors (Lipinski definition) is 4. The molecule has 0 bridgehead atoms. The maximum absolute atomic E-state index is 12.9. The van der Waals surface area contributed by atoms with Crippen molar-refractivity contribution >= 4 is 11.6 Å². The summed E-state index contributed by atoms with van der Waals surface area (Å²) in [7, 11) is 0. The lowest BCUT2D eigenvalue weighted by Crippen LogP contribution is -2.35. The number of rotatable bonds is 3. The fraction of sp³-hybridized carbons (Fsp3) is 0.250.